The predicted molar refractivity (Wildman–Crippen MR) is 130 cm³/mol. The van der Waals surface area contributed by atoms with Crippen molar-refractivity contribution in [2.45, 2.75) is 87.9 Å². The Morgan fingerprint density at radius 1 is 1.14 bits per heavy atom. The van der Waals surface area contributed by atoms with Gasteiger partial charge in [0.1, 0.15) is 11.0 Å². The lowest BCUT2D eigenvalue weighted by Gasteiger charge is -2.31. The Labute approximate surface area is 185 Å². The SMILES string of the molecule is CCCCC1C([SH+]CCC)CC(C2=CC=C(Cl)CC2)N1Sc1ccccc1C. The molecule has 1 aliphatic heterocycles. The molecule has 0 aromatic heterocycles. The van der Waals surface area contributed by atoms with Crippen LogP contribution in [0.5, 0.6) is 0 Å². The fourth-order valence-electron chi connectivity index (χ4n) is 4.24. The van der Waals surface area contributed by atoms with E-state index in [1.807, 2.05) is 11.9 Å². The zero-order chi connectivity index (χ0) is 19.9. The number of rotatable bonds is 9. The molecule has 28 heavy (non-hydrogen) atoms. The molecular weight excluding hydrogens is 402 g/mol. The van der Waals surface area contributed by atoms with Crippen molar-refractivity contribution in [2.75, 3.05) is 5.75 Å². The number of thiol groups is 1. The number of benzene rings is 1. The van der Waals surface area contributed by atoms with Gasteiger partial charge in [-0.05, 0) is 74.0 Å². The Kier molecular flexibility index (Phi) is 8.90. The van der Waals surface area contributed by atoms with Crippen LogP contribution in [-0.4, -0.2) is 27.4 Å². The molecule has 1 nitrogen and oxygen atoms in total. The quantitative estimate of drug-likeness (QED) is 0.231. The fourth-order valence-corrected chi connectivity index (χ4v) is 7.28. The Morgan fingerprint density at radius 3 is 2.64 bits per heavy atom. The lowest BCUT2D eigenvalue weighted by Crippen LogP contribution is -2.35. The predicted octanol–water partition coefficient (Wildman–Crippen LogP) is 7.07. The van der Waals surface area contributed by atoms with Crippen LogP contribution in [0.15, 0.2) is 51.9 Å². The molecule has 3 atom stereocenters. The van der Waals surface area contributed by atoms with E-state index in [1.165, 1.54) is 48.3 Å². The standard InChI is InChI=1S/C24H34ClNS2/c1-4-6-10-21-24(27-16-5-2)17-22(19-12-14-20(25)15-13-19)26(21)28-23-11-8-7-9-18(23)3/h7-9,11-12,14,21-22,24H,4-6,10,13,15-17H2,1-3H3/p+1. The number of nitrogens with zero attached hydrogens (tertiary/aromatic N) is 1. The number of hydrogen-bond donors (Lipinski definition) is 0. The molecule has 1 aromatic rings. The first-order chi connectivity index (χ1) is 13.6. The van der Waals surface area contributed by atoms with Gasteiger partial charge in [0.2, 0.25) is 0 Å². The van der Waals surface area contributed by atoms with Gasteiger partial charge in [0, 0.05) is 22.4 Å². The second-order valence-corrected chi connectivity index (χ2v) is 11.0. The van der Waals surface area contributed by atoms with Crippen molar-refractivity contribution in [3.8, 4) is 0 Å². The van der Waals surface area contributed by atoms with E-state index in [0.717, 1.165) is 23.1 Å². The number of aryl methyl sites for hydroxylation is 1. The van der Waals surface area contributed by atoms with Gasteiger partial charge in [-0.2, -0.15) is 0 Å². The highest BCUT2D eigenvalue weighted by molar-refractivity contribution is 7.97. The normalized spacial score (nSPS) is 25.6. The molecule has 0 bridgehead atoms. The molecule has 1 aliphatic carbocycles. The maximum Gasteiger partial charge on any atom is 0.134 e. The largest absolute Gasteiger partial charge is 0.231 e. The van der Waals surface area contributed by atoms with E-state index in [0.29, 0.717) is 12.1 Å². The summed E-state index contributed by atoms with van der Waals surface area (Å²) in [7, 11) is 0. The van der Waals surface area contributed by atoms with Crippen molar-refractivity contribution in [2.24, 2.45) is 0 Å². The summed E-state index contributed by atoms with van der Waals surface area (Å²) in [5.74, 6) is 1.33. The summed E-state index contributed by atoms with van der Waals surface area (Å²) in [6.45, 7) is 6.88. The van der Waals surface area contributed by atoms with E-state index < -0.39 is 0 Å². The minimum absolute atomic E-state index is 0.543. The Morgan fingerprint density at radius 2 is 1.96 bits per heavy atom. The van der Waals surface area contributed by atoms with Crippen LogP contribution in [0.2, 0.25) is 0 Å². The lowest BCUT2D eigenvalue weighted by molar-refractivity contribution is 0.358. The summed E-state index contributed by atoms with van der Waals surface area (Å²) >= 11 is 9.93. The highest BCUT2D eigenvalue weighted by atomic mass is 35.5. The van der Waals surface area contributed by atoms with Crippen molar-refractivity contribution in [1.29, 1.82) is 0 Å². The Hall–Kier alpha value is -0.350. The zero-order valence-corrected chi connectivity index (χ0v) is 20.0. The molecule has 4 heteroatoms. The second-order valence-electron chi connectivity index (χ2n) is 8.01. The van der Waals surface area contributed by atoms with E-state index in [1.54, 1.807) is 17.3 Å². The lowest BCUT2D eigenvalue weighted by atomic mass is 9.96. The van der Waals surface area contributed by atoms with Crippen LogP contribution in [0.1, 0.15) is 64.4 Å². The number of allylic oxidation sites excluding steroid dienone is 3. The molecule has 1 fully saturated rings. The van der Waals surface area contributed by atoms with E-state index in [9.17, 15) is 0 Å². The average molecular weight is 437 g/mol. The molecule has 1 aromatic carbocycles. The van der Waals surface area contributed by atoms with Gasteiger partial charge in [-0.25, -0.2) is 4.31 Å². The molecule has 0 radical (unpaired) electrons. The van der Waals surface area contributed by atoms with Crippen LogP contribution in [0.3, 0.4) is 0 Å². The first-order valence-electron chi connectivity index (χ1n) is 10.9. The number of halogens is 1. The van der Waals surface area contributed by atoms with Gasteiger partial charge in [-0.1, -0.05) is 68.1 Å². The molecular formula is C24H35ClNS2+. The molecule has 154 valence electrons. The molecule has 0 N–H and O–H groups in total. The maximum absolute atomic E-state index is 6.27. The summed E-state index contributed by atoms with van der Waals surface area (Å²) in [4.78, 5) is 1.41. The number of unbranched alkanes of at least 4 members (excludes halogenated alkanes) is 1. The van der Waals surface area contributed by atoms with E-state index in [-0.39, 0.29) is 0 Å². The highest BCUT2D eigenvalue weighted by Crippen LogP contribution is 2.44. The molecule has 0 saturated carbocycles. The Bertz CT molecular complexity index is 700. The van der Waals surface area contributed by atoms with Crippen molar-refractivity contribution >= 4 is 35.3 Å². The van der Waals surface area contributed by atoms with Gasteiger partial charge in [-0.3, -0.25) is 0 Å². The Balaban J connectivity index is 1.89. The average Bonchev–Trinajstić information content (AvgIpc) is 3.04. The molecule has 2 aliphatic rings. The van der Waals surface area contributed by atoms with E-state index in [4.69, 9.17) is 11.6 Å². The first-order valence-corrected chi connectivity index (χ1v) is 13.2. The third-order valence-electron chi connectivity index (χ3n) is 5.84. The molecule has 1 heterocycles. The molecule has 3 rings (SSSR count). The van der Waals surface area contributed by atoms with Crippen molar-refractivity contribution in [3.63, 3.8) is 0 Å². The van der Waals surface area contributed by atoms with Gasteiger partial charge < -0.3 is 0 Å². The van der Waals surface area contributed by atoms with Crippen LogP contribution >= 0.6 is 23.5 Å². The summed E-state index contributed by atoms with van der Waals surface area (Å²) in [5.41, 5.74) is 2.97. The highest BCUT2D eigenvalue weighted by Gasteiger charge is 2.46. The van der Waals surface area contributed by atoms with Gasteiger partial charge >= 0.3 is 0 Å². The first kappa shape index (κ1) is 22.3. The minimum atomic E-state index is 0.543. The minimum Gasteiger partial charge on any atom is -0.231 e. The smallest absolute Gasteiger partial charge is 0.134 e. The third-order valence-corrected chi connectivity index (χ3v) is 9.27. The topological polar surface area (TPSA) is 3.24 Å². The van der Waals surface area contributed by atoms with Crippen molar-refractivity contribution < 1.29 is 0 Å². The van der Waals surface area contributed by atoms with Gasteiger partial charge in [0.25, 0.3) is 0 Å². The third kappa shape index (κ3) is 5.62. The molecule has 0 amide bonds. The maximum atomic E-state index is 6.27. The van der Waals surface area contributed by atoms with Gasteiger partial charge in [0.15, 0.2) is 0 Å². The monoisotopic (exact) mass is 436 g/mol. The molecule has 3 unspecified atom stereocenters. The fraction of sp³-hybridized carbons (Fsp3) is 0.583. The van der Waals surface area contributed by atoms with E-state index >= 15 is 0 Å². The summed E-state index contributed by atoms with van der Waals surface area (Å²) in [6, 6.07) is 10.1. The van der Waals surface area contributed by atoms with Crippen molar-refractivity contribution in [3.05, 3.63) is 52.6 Å². The van der Waals surface area contributed by atoms with Crippen LogP contribution in [0, 0.1) is 6.92 Å². The van der Waals surface area contributed by atoms with Crippen LogP contribution in [0.25, 0.3) is 0 Å². The van der Waals surface area contributed by atoms with Gasteiger partial charge in [0.05, 0.1) is 6.04 Å². The van der Waals surface area contributed by atoms with Crippen LogP contribution in [0.4, 0.5) is 0 Å². The molecule has 1 saturated heterocycles. The van der Waals surface area contributed by atoms with Crippen LogP contribution in [-0.2, 0) is 11.8 Å². The summed E-state index contributed by atoms with van der Waals surface area (Å²) in [5, 5.41) is 1.79. The van der Waals surface area contributed by atoms with Crippen LogP contribution < -0.4 is 0 Å². The number of hydrogen-bond acceptors (Lipinski definition) is 2. The van der Waals surface area contributed by atoms with Crippen molar-refractivity contribution in [1.82, 2.24) is 4.31 Å². The summed E-state index contributed by atoms with van der Waals surface area (Å²) in [6.07, 6.45) is 13.1. The van der Waals surface area contributed by atoms with Gasteiger partial charge in [-0.15, -0.1) is 0 Å². The van der Waals surface area contributed by atoms with E-state index in [2.05, 4.69) is 61.5 Å². The molecule has 0 spiro atoms. The second kappa shape index (κ2) is 11.2. The zero-order valence-electron chi connectivity index (χ0n) is 17.5. The summed E-state index contributed by atoms with van der Waals surface area (Å²) < 4.78 is 2.78.